The molecule has 1 aromatic carbocycles. The first kappa shape index (κ1) is 11.4. The third-order valence-corrected chi connectivity index (χ3v) is 3.12. The van der Waals surface area contributed by atoms with Gasteiger partial charge >= 0.3 is 0 Å². The van der Waals surface area contributed by atoms with Crippen LogP contribution >= 0.6 is 0 Å². The molecule has 0 saturated heterocycles. The monoisotopic (exact) mass is 252 g/mol. The van der Waals surface area contributed by atoms with Crippen LogP contribution in [0.2, 0.25) is 0 Å². The minimum absolute atomic E-state index is 0.439. The molecule has 0 fully saturated rings. The summed E-state index contributed by atoms with van der Waals surface area (Å²) in [6.45, 7) is 1.97. The summed E-state index contributed by atoms with van der Waals surface area (Å²) >= 11 is 0. The highest BCUT2D eigenvalue weighted by molar-refractivity contribution is 5.94. The fourth-order valence-electron chi connectivity index (χ4n) is 2.04. The molecule has 0 radical (unpaired) electrons. The van der Waals surface area contributed by atoms with E-state index in [1.54, 1.807) is 18.3 Å². The molecule has 19 heavy (non-hydrogen) atoms. The normalized spacial score (nSPS) is 10.8. The number of nitrogens with one attached hydrogen (secondary N) is 1. The van der Waals surface area contributed by atoms with Crippen molar-refractivity contribution in [2.24, 2.45) is 5.73 Å². The molecular weight excluding hydrogens is 240 g/mol. The summed E-state index contributed by atoms with van der Waals surface area (Å²) in [4.78, 5) is 15.6. The molecule has 3 aromatic rings. The van der Waals surface area contributed by atoms with Gasteiger partial charge in [0.25, 0.3) is 0 Å². The van der Waals surface area contributed by atoms with Crippen LogP contribution in [0.4, 0.5) is 0 Å². The van der Waals surface area contributed by atoms with E-state index in [0.29, 0.717) is 5.56 Å². The standard InChI is InChI=1S/C14H12N4O/c1-8-2-3-9(14(15)19)4-11(8)12-5-10-6-17-18-13(10)7-16-12/h2-7H,1H3,(H2,15,19)(H,17,18). The Hall–Kier alpha value is -2.69. The van der Waals surface area contributed by atoms with Crippen molar-refractivity contribution >= 4 is 16.8 Å². The molecule has 0 bridgehead atoms. The number of aryl methyl sites for hydroxylation is 1. The van der Waals surface area contributed by atoms with Crippen molar-refractivity contribution in [2.45, 2.75) is 6.92 Å². The van der Waals surface area contributed by atoms with Crippen LogP contribution in [0.25, 0.3) is 22.2 Å². The predicted molar refractivity (Wildman–Crippen MR) is 72.6 cm³/mol. The summed E-state index contributed by atoms with van der Waals surface area (Å²) in [6.07, 6.45) is 3.52. The van der Waals surface area contributed by atoms with E-state index in [4.69, 9.17) is 5.73 Å². The van der Waals surface area contributed by atoms with Gasteiger partial charge in [-0.15, -0.1) is 0 Å². The molecule has 94 valence electrons. The second-order valence-corrected chi connectivity index (χ2v) is 4.41. The zero-order valence-electron chi connectivity index (χ0n) is 10.3. The van der Waals surface area contributed by atoms with Crippen LogP contribution in [-0.2, 0) is 0 Å². The second kappa shape index (κ2) is 4.20. The van der Waals surface area contributed by atoms with E-state index in [1.807, 2.05) is 25.3 Å². The van der Waals surface area contributed by atoms with Gasteiger partial charge in [-0.1, -0.05) is 6.07 Å². The Balaban J connectivity index is 2.19. The van der Waals surface area contributed by atoms with Gasteiger partial charge < -0.3 is 5.73 Å². The lowest BCUT2D eigenvalue weighted by molar-refractivity contribution is 0.100. The summed E-state index contributed by atoms with van der Waals surface area (Å²) in [5, 5.41) is 7.84. The number of rotatable bonds is 2. The van der Waals surface area contributed by atoms with Crippen molar-refractivity contribution in [1.82, 2.24) is 15.2 Å². The van der Waals surface area contributed by atoms with Gasteiger partial charge in [0.2, 0.25) is 5.91 Å². The highest BCUT2D eigenvalue weighted by Crippen LogP contribution is 2.25. The summed E-state index contributed by atoms with van der Waals surface area (Å²) in [5.74, 6) is -0.439. The van der Waals surface area contributed by atoms with E-state index in [-0.39, 0.29) is 0 Å². The quantitative estimate of drug-likeness (QED) is 0.731. The lowest BCUT2D eigenvalue weighted by Crippen LogP contribution is -2.11. The average molecular weight is 252 g/mol. The highest BCUT2D eigenvalue weighted by Gasteiger charge is 2.09. The van der Waals surface area contributed by atoms with Gasteiger partial charge in [-0.2, -0.15) is 5.10 Å². The van der Waals surface area contributed by atoms with Crippen LogP contribution in [0.5, 0.6) is 0 Å². The molecule has 0 aliphatic heterocycles. The summed E-state index contributed by atoms with van der Waals surface area (Å²) in [6, 6.07) is 7.30. The zero-order chi connectivity index (χ0) is 13.4. The van der Waals surface area contributed by atoms with Crippen LogP contribution in [0.3, 0.4) is 0 Å². The molecule has 5 heteroatoms. The molecule has 0 aliphatic carbocycles. The van der Waals surface area contributed by atoms with Crippen LogP contribution in [-0.4, -0.2) is 21.1 Å². The van der Waals surface area contributed by atoms with Crippen molar-refractivity contribution < 1.29 is 4.79 Å². The van der Waals surface area contributed by atoms with Crippen molar-refractivity contribution in [3.63, 3.8) is 0 Å². The molecule has 0 saturated carbocycles. The Morgan fingerprint density at radius 2 is 2.16 bits per heavy atom. The van der Waals surface area contributed by atoms with Gasteiger partial charge in [0, 0.05) is 22.7 Å². The molecule has 3 N–H and O–H groups in total. The molecule has 1 amide bonds. The second-order valence-electron chi connectivity index (χ2n) is 4.41. The topological polar surface area (TPSA) is 84.7 Å². The molecule has 0 spiro atoms. The number of nitrogens with zero attached hydrogens (tertiary/aromatic N) is 2. The Morgan fingerprint density at radius 1 is 1.32 bits per heavy atom. The molecule has 0 aliphatic rings. The Kier molecular flexibility index (Phi) is 2.52. The number of carbonyl (C=O) groups excluding carboxylic acids is 1. The fraction of sp³-hybridized carbons (Fsp3) is 0.0714. The first-order chi connectivity index (χ1) is 9.15. The Labute approximate surface area is 109 Å². The number of nitrogens with two attached hydrogens (primary N) is 1. The SMILES string of the molecule is Cc1ccc(C(N)=O)cc1-c1cc2c[nH]nc2cn1. The van der Waals surface area contributed by atoms with Crippen molar-refractivity contribution in [3.8, 4) is 11.3 Å². The van der Waals surface area contributed by atoms with E-state index in [1.165, 1.54) is 0 Å². The predicted octanol–water partition coefficient (Wildman–Crippen LogP) is 2.03. The van der Waals surface area contributed by atoms with Crippen LogP contribution in [0.1, 0.15) is 15.9 Å². The van der Waals surface area contributed by atoms with Gasteiger partial charge in [-0.05, 0) is 30.7 Å². The first-order valence-electron chi connectivity index (χ1n) is 5.85. The molecule has 0 atom stereocenters. The Morgan fingerprint density at radius 3 is 2.95 bits per heavy atom. The highest BCUT2D eigenvalue weighted by atomic mass is 16.1. The number of hydrogen-bond donors (Lipinski definition) is 2. The van der Waals surface area contributed by atoms with Crippen molar-refractivity contribution in [2.75, 3.05) is 0 Å². The number of fused-ring (bicyclic) bond motifs is 1. The smallest absolute Gasteiger partial charge is 0.248 e. The van der Waals surface area contributed by atoms with E-state index in [9.17, 15) is 4.79 Å². The van der Waals surface area contributed by atoms with Crippen LogP contribution < -0.4 is 5.73 Å². The molecule has 3 rings (SSSR count). The first-order valence-corrected chi connectivity index (χ1v) is 5.85. The number of hydrogen-bond acceptors (Lipinski definition) is 3. The maximum Gasteiger partial charge on any atom is 0.248 e. The third kappa shape index (κ3) is 1.95. The van der Waals surface area contributed by atoms with Gasteiger partial charge in [0.15, 0.2) is 0 Å². The van der Waals surface area contributed by atoms with Crippen LogP contribution in [0.15, 0.2) is 36.7 Å². The van der Waals surface area contributed by atoms with Gasteiger partial charge in [-0.25, -0.2) is 0 Å². The lowest BCUT2D eigenvalue weighted by Gasteiger charge is -2.07. The number of H-pyrrole nitrogens is 1. The number of amides is 1. The largest absolute Gasteiger partial charge is 0.366 e. The van der Waals surface area contributed by atoms with E-state index < -0.39 is 5.91 Å². The number of primary amides is 1. The zero-order valence-corrected chi connectivity index (χ0v) is 10.3. The average Bonchev–Trinajstić information content (AvgIpc) is 2.86. The fourth-order valence-corrected chi connectivity index (χ4v) is 2.04. The number of aromatic nitrogens is 3. The molecule has 2 aromatic heterocycles. The maximum atomic E-state index is 11.3. The molecule has 0 unspecified atom stereocenters. The summed E-state index contributed by atoms with van der Waals surface area (Å²) in [5.41, 5.74) is 9.35. The van der Waals surface area contributed by atoms with Crippen molar-refractivity contribution in [1.29, 1.82) is 0 Å². The van der Waals surface area contributed by atoms with E-state index in [0.717, 1.165) is 27.7 Å². The van der Waals surface area contributed by atoms with Crippen LogP contribution in [0, 0.1) is 6.92 Å². The van der Waals surface area contributed by atoms with Crippen molar-refractivity contribution in [3.05, 3.63) is 47.8 Å². The van der Waals surface area contributed by atoms with Gasteiger partial charge in [0.05, 0.1) is 11.9 Å². The molecule has 5 nitrogen and oxygen atoms in total. The number of aromatic amines is 1. The minimum atomic E-state index is -0.439. The number of pyridine rings is 1. The van der Waals surface area contributed by atoms with Gasteiger partial charge in [-0.3, -0.25) is 14.9 Å². The minimum Gasteiger partial charge on any atom is -0.366 e. The van der Waals surface area contributed by atoms with Gasteiger partial charge in [0.1, 0.15) is 5.52 Å². The van der Waals surface area contributed by atoms with E-state index in [2.05, 4.69) is 15.2 Å². The molecular formula is C14H12N4O. The Bertz CT molecular complexity index is 776. The summed E-state index contributed by atoms with van der Waals surface area (Å²) in [7, 11) is 0. The maximum absolute atomic E-state index is 11.3. The third-order valence-electron chi connectivity index (χ3n) is 3.12. The summed E-state index contributed by atoms with van der Waals surface area (Å²) < 4.78 is 0. The van der Waals surface area contributed by atoms with E-state index >= 15 is 0 Å². The number of carbonyl (C=O) groups is 1. The molecule has 2 heterocycles. The number of benzene rings is 1. The lowest BCUT2D eigenvalue weighted by atomic mass is 10.0.